The summed E-state index contributed by atoms with van der Waals surface area (Å²) in [5, 5.41) is 18.5. The van der Waals surface area contributed by atoms with Crippen LogP contribution >= 0.6 is 0 Å². The van der Waals surface area contributed by atoms with Crippen LogP contribution in [-0.4, -0.2) is 38.3 Å². The molecule has 1 aromatic heterocycles. The molecule has 1 unspecified atom stereocenters. The van der Waals surface area contributed by atoms with Gasteiger partial charge in [0.25, 0.3) is 0 Å². The molecule has 1 aromatic rings. The first kappa shape index (κ1) is 10.0. The molecule has 0 amide bonds. The fourth-order valence-electron chi connectivity index (χ4n) is 2.80. The van der Waals surface area contributed by atoms with Gasteiger partial charge in [-0.3, -0.25) is 0 Å². The molecule has 0 radical (unpaired) electrons. The molecule has 1 saturated carbocycles. The highest BCUT2D eigenvalue weighted by Gasteiger charge is 2.41. The third kappa shape index (κ3) is 1.67. The molecule has 3 rings (SSSR count). The molecule has 1 saturated heterocycles. The number of hydrogen-bond acceptors (Lipinski definition) is 5. The second kappa shape index (κ2) is 3.69. The zero-order valence-corrected chi connectivity index (χ0v) is 9.61. The van der Waals surface area contributed by atoms with Crippen LogP contribution in [0.3, 0.4) is 0 Å². The zero-order chi connectivity index (χ0) is 11.0. The first-order valence-corrected chi connectivity index (χ1v) is 6.01. The van der Waals surface area contributed by atoms with Gasteiger partial charge in [0, 0.05) is 18.6 Å². The molecule has 1 aliphatic heterocycles. The second-order valence-corrected chi connectivity index (χ2v) is 5.02. The maximum atomic E-state index is 3.97. The van der Waals surface area contributed by atoms with Crippen molar-refractivity contribution >= 4 is 5.95 Å². The minimum Gasteiger partial charge on any atom is -0.350 e. The van der Waals surface area contributed by atoms with Crippen LogP contribution in [0, 0.1) is 0 Å². The predicted octanol–water partition coefficient (Wildman–Crippen LogP) is 0.297. The number of piperidine rings is 1. The van der Waals surface area contributed by atoms with E-state index in [4.69, 9.17) is 0 Å². The van der Waals surface area contributed by atoms with E-state index in [1.807, 2.05) is 7.05 Å². The number of rotatable bonds is 2. The molecule has 2 heterocycles. The first-order valence-electron chi connectivity index (χ1n) is 6.01. The Bertz CT molecular complexity index is 369. The largest absolute Gasteiger partial charge is 0.350 e. The Morgan fingerprint density at radius 2 is 2.38 bits per heavy atom. The minimum atomic E-state index is 0.419. The molecule has 2 fully saturated rings. The van der Waals surface area contributed by atoms with Gasteiger partial charge in [-0.25, -0.2) is 4.68 Å². The maximum Gasteiger partial charge on any atom is 0.242 e. The van der Waals surface area contributed by atoms with Crippen LogP contribution in [0.2, 0.25) is 0 Å². The number of hydrogen-bond donors (Lipinski definition) is 2. The zero-order valence-electron chi connectivity index (χ0n) is 9.61. The minimum absolute atomic E-state index is 0.419. The Morgan fingerprint density at radius 1 is 1.50 bits per heavy atom. The molecule has 1 aliphatic carbocycles. The van der Waals surface area contributed by atoms with Crippen LogP contribution in [0.25, 0.3) is 0 Å². The summed E-state index contributed by atoms with van der Waals surface area (Å²) < 4.78 is 1.69. The van der Waals surface area contributed by atoms with Crippen molar-refractivity contribution in [2.45, 2.75) is 43.7 Å². The lowest BCUT2D eigenvalue weighted by molar-refractivity contribution is 0.135. The molecule has 6 nitrogen and oxygen atoms in total. The van der Waals surface area contributed by atoms with E-state index in [0.29, 0.717) is 11.6 Å². The molecule has 88 valence electrons. The summed E-state index contributed by atoms with van der Waals surface area (Å²) in [6.45, 7) is 1.10. The van der Waals surface area contributed by atoms with Gasteiger partial charge in [-0.2, -0.15) is 0 Å². The SMILES string of the molecule is Cn1nnnc1NC1CCNC2(CCC2)C1. The van der Waals surface area contributed by atoms with Crippen molar-refractivity contribution in [2.75, 3.05) is 11.9 Å². The van der Waals surface area contributed by atoms with Crippen molar-refractivity contribution in [1.82, 2.24) is 25.5 Å². The van der Waals surface area contributed by atoms with Crippen molar-refractivity contribution in [3.63, 3.8) is 0 Å². The van der Waals surface area contributed by atoms with E-state index in [2.05, 4.69) is 26.2 Å². The maximum absolute atomic E-state index is 3.97. The van der Waals surface area contributed by atoms with Gasteiger partial charge in [0.2, 0.25) is 5.95 Å². The summed E-state index contributed by atoms with van der Waals surface area (Å²) in [7, 11) is 1.86. The van der Waals surface area contributed by atoms with E-state index >= 15 is 0 Å². The molecular weight excluding hydrogens is 204 g/mol. The fourth-order valence-corrected chi connectivity index (χ4v) is 2.80. The highest BCUT2D eigenvalue weighted by molar-refractivity contribution is 5.24. The van der Waals surface area contributed by atoms with Crippen molar-refractivity contribution < 1.29 is 0 Å². The lowest BCUT2D eigenvalue weighted by Crippen LogP contribution is -2.58. The summed E-state index contributed by atoms with van der Waals surface area (Å²) in [6.07, 6.45) is 6.35. The monoisotopic (exact) mass is 222 g/mol. The van der Waals surface area contributed by atoms with Crippen LogP contribution < -0.4 is 10.6 Å². The Morgan fingerprint density at radius 3 is 3.00 bits per heavy atom. The Kier molecular flexibility index (Phi) is 2.31. The van der Waals surface area contributed by atoms with Crippen LogP contribution in [0.4, 0.5) is 5.95 Å². The second-order valence-electron chi connectivity index (χ2n) is 5.02. The van der Waals surface area contributed by atoms with E-state index in [1.165, 1.54) is 25.7 Å². The van der Waals surface area contributed by atoms with Crippen LogP contribution in [-0.2, 0) is 7.05 Å². The summed E-state index contributed by atoms with van der Waals surface area (Å²) in [4.78, 5) is 0. The summed E-state index contributed by atoms with van der Waals surface area (Å²) in [5.41, 5.74) is 0.419. The van der Waals surface area contributed by atoms with E-state index < -0.39 is 0 Å². The third-order valence-corrected chi connectivity index (χ3v) is 3.89. The van der Waals surface area contributed by atoms with Gasteiger partial charge < -0.3 is 10.6 Å². The number of tetrazole rings is 1. The molecule has 2 N–H and O–H groups in total. The van der Waals surface area contributed by atoms with Crippen LogP contribution in [0.5, 0.6) is 0 Å². The van der Waals surface area contributed by atoms with Gasteiger partial charge in [0.05, 0.1) is 0 Å². The normalized spacial score (nSPS) is 27.7. The number of nitrogens with zero attached hydrogens (tertiary/aromatic N) is 4. The van der Waals surface area contributed by atoms with Gasteiger partial charge in [-0.1, -0.05) is 5.10 Å². The highest BCUT2D eigenvalue weighted by Crippen LogP contribution is 2.38. The predicted molar refractivity (Wildman–Crippen MR) is 60.0 cm³/mol. The van der Waals surface area contributed by atoms with E-state index in [9.17, 15) is 0 Å². The van der Waals surface area contributed by atoms with Crippen molar-refractivity contribution in [2.24, 2.45) is 7.05 Å². The average molecular weight is 222 g/mol. The smallest absolute Gasteiger partial charge is 0.242 e. The van der Waals surface area contributed by atoms with Gasteiger partial charge in [0.15, 0.2) is 0 Å². The summed E-state index contributed by atoms with van der Waals surface area (Å²) in [5.74, 6) is 0.779. The number of aromatic nitrogens is 4. The lowest BCUT2D eigenvalue weighted by Gasteiger charge is -2.48. The van der Waals surface area contributed by atoms with Gasteiger partial charge in [-0.05, 0) is 49.1 Å². The van der Waals surface area contributed by atoms with Crippen molar-refractivity contribution in [1.29, 1.82) is 0 Å². The highest BCUT2D eigenvalue weighted by atomic mass is 15.6. The topological polar surface area (TPSA) is 67.7 Å². The van der Waals surface area contributed by atoms with Crippen LogP contribution in [0.1, 0.15) is 32.1 Å². The van der Waals surface area contributed by atoms with Gasteiger partial charge in [0.1, 0.15) is 0 Å². The van der Waals surface area contributed by atoms with E-state index in [0.717, 1.165) is 18.9 Å². The Hall–Kier alpha value is -1.17. The van der Waals surface area contributed by atoms with Gasteiger partial charge >= 0.3 is 0 Å². The molecule has 0 aromatic carbocycles. The quantitative estimate of drug-likeness (QED) is 0.753. The number of nitrogens with one attached hydrogen (secondary N) is 2. The summed E-state index contributed by atoms with van der Waals surface area (Å²) >= 11 is 0. The molecule has 16 heavy (non-hydrogen) atoms. The van der Waals surface area contributed by atoms with E-state index in [-0.39, 0.29) is 0 Å². The number of anilines is 1. The Labute approximate surface area is 94.8 Å². The number of aryl methyl sites for hydroxylation is 1. The first-order chi connectivity index (χ1) is 7.77. The molecule has 0 bridgehead atoms. The molecule has 1 atom stereocenters. The average Bonchev–Trinajstić information content (AvgIpc) is 2.63. The molecular formula is C10H18N6. The standard InChI is InChI=1S/C10H18N6/c1-16-9(13-14-15-16)12-8-3-6-11-10(7-8)4-2-5-10/h8,11H,2-7H2,1H3,(H,12,13,15). The van der Waals surface area contributed by atoms with E-state index in [1.54, 1.807) is 4.68 Å². The molecule has 2 aliphatic rings. The fraction of sp³-hybridized carbons (Fsp3) is 0.900. The molecule has 6 heteroatoms. The Balaban J connectivity index is 1.65. The van der Waals surface area contributed by atoms with Crippen molar-refractivity contribution in [3.8, 4) is 0 Å². The van der Waals surface area contributed by atoms with Crippen molar-refractivity contribution in [3.05, 3.63) is 0 Å². The summed E-state index contributed by atoms with van der Waals surface area (Å²) in [6, 6.07) is 0.506. The van der Waals surface area contributed by atoms with Crippen LogP contribution in [0.15, 0.2) is 0 Å². The molecule has 1 spiro atoms. The van der Waals surface area contributed by atoms with Gasteiger partial charge in [-0.15, -0.1) is 0 Å². The third-order valence-electron chi connectivity index (χ3n) is 3.89. The lowest BCUT2D eigenvalue weighted by atomic mass is 9.70.